The molecule has 7 nitrogen and oxygen atoms in total. The summed E-state index contributed by atoms with van der Waals surface area (Å²) in [5.41, 5.74) is 10.3. The maximum Gasteiger partial charge on any atom is 0.311 e. The largest absolute Gasteiger partial charge is 0.369 e. The monoisotopic (exact) mass is 228 g/mol. The lowest BCUT2D eigenvalue weighted by Gasteiger charge is -2.14. The van der Waals surface area contributed by atoms with Crippen LogP contribution in [0.1, 0.15) is 6.42 Å². The van der Waals surface area contributed by atoms with E-state index in [1.54, 1.807) is 0 Å². The molecule has 1 aliphatic rings. The smallest absolute Gasteiger partial charge is 0.311 e. The van der Waals surface area contributed by atoms with Gasteiger partial charge in [0.05, 0.1) is 5.92 Å². The van der Waals surface area contributed by atoms with Gasteiger partial charge in [0.1, 0.15) is 0 Å². The van der Waals surface area contributed by atoms with Crippen molar-refractivity contribution in [3.05, 3.63) is 0 Å². The van der Waals surface area contributed by atoms with Crippen molar-refractivity contribution in [1.82, 2.24) is 10.2 Å². The molecule has 1 saturated heterocycles. The van der Waals surface area contributed by atoms with Crippen LogP contribution < -0.4 is 16.8 Å². The SMILES string of the molecule is NCCNC(=O)C(=O)N1CCC(C(N)=O)C1. The Kier molecular flexibility index (Phi) is 4.24. The Morgan fingerprint density at radius 3 is 2.56 bits per heavy atom. The molecule has 0 aromatic heterocycles. The Hall–Kier alpha value is -1.63. The van der Waals surface area contributed by atoms with Gasteiger partial charge in [0, 0.05) is 26.2 Å². The first kappa shape index (κ1) is 12.4. The highest BCUT2D eigenvalue weighted by molar-refractivity contribution is 6.35. The maximum atomic E-state index is 11.5. The summed E-state index contributed by atoms with van der Waals surface area (Å²) in [6.07, 6.45) is 0.519. The molecule has 7 heteroatoms. The van der Waals surface area contributed by atoms with Crippen LogP contribution in [0.2, 0.25) is 0 Å². The minimum Gasteiger partial charge on any atom is -0.369 e. The van der Waals surface area contributed by atoms with Crippen LogP contribution in [0, 0.1) is 5.92 Å². The van der Waals surface area contributed by atoms with E-state index in [9.17, 15) is 14.4 Å². The van der Waals surface area contributed by atoms with Crippen molar-refractivity contribution in [1.29, 1.82) is 0 Å². The van der Waals surface area contributed by atoms with Gasteiger partial charge in [-0.05, 0) is 6.42 Å². The van der Waals surface area contributed by atoms with Gasteiger partial charge in [-0.3, -0.25) is 14.4 Å². The number of rotatable bonds is 3. The fourth-order valence-electron chi connectivity index (χ4n) is 1.58. The summed E-state index contributed by atoms with van der Waals surface area (Å²) >= 11 is 0. The standard InChI is InChI=1S/C9H16N4O3/c10-2-3-12-8(15)9(16)13-4-1-6(5-13)7(11)14/h6H,1-5,10H2,(H2,11,14)(H,12,15). The molecule has 1 unspecified atom stereocenters. The lowest BCUT2D eigenvalue weighted by Crippen LogP contribution is -2.43. The highest BCUT2D eigenvalue weighted by Crippen LogP contribution is 2.15. The average molecular weight is 228 g/mol. The van der Waals surface area contributed by atoms with Crippen molar-refractivity contribution >= 4 is 17.7 Å². The van der Waals surface area contributed by atoms with Gasteiger partial charge < -0.3 is 21.7 Å². The Bertz CT molecular complexity index is 305. The van der Waals surface area contributed by atoms with E-state index in [2.05, 4.69) is 5.32 Å². The minimum absolute atomic E-state index is 0.226. The highest BCUT2D eigenvalue weighted by Gasteiger charge is 2.32. The zero-order valence-electron chi connectivity index (χ0n) is 8.94. The number of likely N-dealkylation sites (tertiary alicyclic amines) is 1. The normalized spacial score (nSPS) is 19.6. The van der Waals surface area contributed by atoms with Crippen molar-refractivity contribution in [2.24, 2.45) is 17.4 Å². The van der Waals surface area contributed by atoms with Crippen LogP contribution in [0.3, 0.4) is 0 Å². The fourth-order valence-corrected chi connectivity index (χ4v) is 1.58. The van der Waals surface area contributed by atoms with Crippen molar-refractivity contribution in [3.8, 4) is 0 Å². The third-order valence-corrected chi connectivity index (χ3v) is 2.50. The molecule has 0 aromatic rings. The zero-order chi connectivity index (χ0) is 12.1. The first-order valence-corrected chi connectivity index (χ1v) is 5.12. The van der Waals surface area contributed by atoms with Gasteiger partial charge in [-0.2, -0.15) is 0 Å². The molecular weight excluding hydrogens is 212 g/mol. The number of nitrogens with one attached hydrogen (secondary N) is 1. The van der Waals surface area contributed by atoms with E-state index in [0.717, 1.165) is 0 Å². The van der Waals surface area contributed by atoms with E-state index >= 15 is 0 Å². The lowest BCUT2D eigenvalue weighted by molar-refractivity contribution is -0.145. The molecule has 16 heavy (non-hydrogen) atoms. The van der Waals surface area contributed by atoms with Crippen molar-refractivity contribution < 1.29 is 14.4 Å². The Balaban J connectivity index is 2.44. The molecule has 1 fully saturated rings. The molecule has 0 saturated carbocycles. The number of amides is 3. The van der Waals surface area contributed by atoms with Gasteiger partial charge in [-0.15, -0.1) is 0 Å². The Morgan fingerprint density at radius 2 is 2.06 bits per heavy atom. The minimum atomic E-state index is -0.685. The second kappa shape index (κ2) is 5.45. The van der Waals surface area contributed by atoms with Gasteiger partial charge in [0.25, 0.3) is 0 Å². The topological polar surface area (TPSA) is 119 Å². The number of nitrogens with two attached hydrogens (primary N) is 2. The maximum absolute atomic E-state index is 11.5. The molecular formula is C9H16N4O3. The molecule has 0 aliphatic carbocycles. The van der Waals surface area contributed by atoms with Crippen LogP contribution in [0.25, 0.3) is 0 Å². The Morgan fingerprint density at radius 1 is 1.38 bits per heavy atom. The molecule has 1 rings (SSSR count). The van der Waals surface area contributed by atoms with Crippen LogP contribution in [-0.4, -0.2) is 48.8 Å². The number of nitrogens with zero attached hydrogens (tertiary/aromatic N) is 1. The first-order chi connectivity index (χ1) is 7.56. The average Bonchev–Trinajstić information content (AvgIpc) is 2.74. The number of hydrogen-bond acceptors (Lipinski definition) is 4. The molecule has 3 amide bonds. The molecule has 0 aromatic carbocycles. The van der Waals surface area contributed by atoms with Gasteiger partial charge in [-0.1, -0.05) is 0 Å². The summed E-state index contributed by atoms with van der Waals surface area (Å²) in [5, 5.41) is 2.38. The summed E-state index contributed by atoms with van der Waals surface area (Å²) in [6, 6.07) is 0. The molecule has 1 heterocycles. The Labute approximate surface area is 93.1 Å². The highest BCUT2D eigenvalue weighted by atomic mass is 16.2. The van der Waals surface area contributed by atoms with Gasteiger partial charge in [0.15, 0.2) is 0 Å². The number of hydrogen-bond donors (Lipinski definition) is 3. The van der Waals surface area contributed by atoms with Crippen molar-refractivity contribution in [2.75, 3.05) is 26.2 Å². The van der Waals surface area contributed by atoms with Gasteiger partial charge in [0.2, 0.25) is 5.91 Å². The third-order valence-electron chi connectivity index (χ3n) is 2.50. The van der Waals surface area contributed by atoms with Gasteiger partial charge in [-0.25, -0.2) is 0 Å². The van der Waals surface area contributed by atoms with E-state index in [4.69, 9.17) is 11.5 Å². The summed E-state index contributed by atoms with van der Waals surface area (Å²) in [4.78, 5) is 35.0. The molecule has 0 spiro atoms. The zero-order valence-corrected chi connectivity index (χ0v) is 8.94. The predicted octanol–water partition coefficient (Wildman–Crippen LogP) is -2.60. The summed E-state index contributed by atoms with van der Waals surface area (Å²) in [5.74, 6) is -2.09. The first-order valence-electron chi connectivity index (χ1n) is 5.12. The molecule has 1 atom stereocenters. The lowest BCUT2D eigenvalue weighted by atomic mass is 10.1. The molecule has 0 radical (unpaired) electrons. The predicted molar refractivity (Wildman–Crippen MR) is 55.9 cm³/mol. The number of primary amides is 1. The summed E-state index contributed by atoms with van der Waals surface area (Å²) < 4.78 is 0. The van der Waals surface area contributed by atoms with Crippen LogP contribution in [0.4, 0.5) is 0 Å². The van der Waals surface area contributed by atoms with E-state index in [-0.39, 0.29) is 25.6 Å². The summed E-state index contributed by atoms with van der Waals surface area (Å²) in [7, 11) is 0. The van der Waals surface area contributed by atoms with E-state index in [0.29, 0.717) is 13.0 Å². The van der Waals surface area contributed by atoms with Crippen molar-refractivity contribution in [2.45, 2.75) is 6.42 Å². The van der Waals surface area contributed by atoms with Crippen molar-refractivity contribution in [3.63, 3.8) is 0 Å². The van der Waals surface area contributed by atoms with E-state index in [1.807, 2.05) is 0 Å². The van der Waals surface area contributed by atoms with Gasteiger partial charge >= 0.3 is 11.8 Å². The molecule has 5 N–H and O–H groups in total. The summed E-state index contributed by atoms with van der Waals surface area (Å²) in [6.45, 7) is 1.16. The fraction of sp³-hybridized carbons (Fsp3) is 0.667. The molecule has 0 bridgehead atoms. The van der Waals surface area contributed by atoms with E-state index in [1.165, 1.54) is 4.90 Å². The molecule has 1 aliphatic heterocycles. The third kappa shape index (κ3) is 2.93. The molecule has 90 valence electrons. The van der Waals surface area contributed by atoms with Crippen LogP contribution in [-0.2, 0) is 14.4 Å². The van der Waals surface area contributed by atoms with Crippen LogP contribution in [0.5, 0.6) is 0 Å². The number of carbonyl (C=O) groups excluding carboxylic acids is 3. The van der Waals surface area contributed by atoms with Crippen LogP contribution >= 0.6 is 0 Å². The quantitative estimate of drug-likeness (QED) is 0.459. The van der Waals surface area contributed by atoms with Crippen LogP contribution in [0.15, 0.2) is 0 Å². The number of carbonyl (C=O) groups is 3. The van der Waals surface area contributed by atoms with E-state index < -0.39 is 17.7 Å². The second-order valence-corrected chi connectivity index (χ2v) is 3.68. The second-order valence-electron chi connectivity index (χ2n) is 3.68.